The largest absolute Gasteiger partial charge is 0.349 e. The van der Waals surface area contributed by atoms with Crippen LogP contribution in [0.1, 0.15) is 59.8 Å². The molecule has 1 aliphatic heterocycles. The number of hydrogen-bond acceptors (Lipinski definition) is 2. The maximum atomic E-state index is 6.37. The summed E-state index contributed by atoms with van der Waals surface area (Å²) in [6.07, 6.45) is 6.36. The van der Waals surface area contributed by atoms with Crippen LogP contribution in [0.25, 0.3) is 0 Å². The molecule has 1 atom stereocenters. The van der Waals surface area contributed by atoms with Crippen LogP contribution in [-0.4, -0.2) is 18.5 Å². The van der Waals surface area contributed by atoms with E-state index in [2.05, 4.69) is 27.7 Å². The van der Waals surface area contributed by atoms with E-state index >= 15 is 0 Å². The van der Waals surface area contributed by atoms with E-state index in [1.165, 1.54) is 19.3 Å². The monoisotopic (exact) mass is 226 g/mol. The molecule has 1 saturated heterocycles. The average molecular weight is 226 g/mol. The van der Waals surface area contributed by atoms with Gasteiger partial charge in [0, 0.05) is 18.3 Å². The molecule has 0 aromatic heterocycles. The van der Waals surface area contributed by atoms with Crippen molar-refractivity contribution in [1.29, 1.82) is 0 Å². The highest BCUT2D eigenvalue weighted by molar-refractivity contribution is 4.90. The van der Waals surface area contributed by atoms with Crippen LogP contribution in [0.5, 0.6) is 0 Å². The minimum Gasteiger partial charge on any atom is -0.349 e. The van der Waals surface area contributed by atoms with Crippen LogP contribution < -0.4 is 0 Å². The third-order valence-corrected chi connectivity index (χ3v) is 4.04. The van der Waals surface area contributed by atoms with Crippen LogP contribution in [0.3, 0.4) is 0 Å². The smallest absolute Gasteiger partial charge is 0.168 e. The number of rotatable bonds is 1. The first-order chi connectivity index (χ1) is 7.45. The second-order valence-corrected chi connectivity index (χ2v) is 6.53. The second-order valence-electron chi connectivity index (χ2n) is 6.53. The van der Waals surface area contributed by atoms with Crippen molar-refractivity contribution in [2.75, 3.05) is 6.61 Å². The van der Waals surface area contributed by atoms with Crippen molar-refractivity contribution < 1.29 is 9.47 Å². The summed E-state index contributed by atoms with van der Waals surface area (Å²) in [5.74, 6) is 0.334. The maximum absolute atomic E-state index is 6.37. The molecular formula is C14H26O2. The molecule has 1 aliphatic carbocycles. The van der Waals surface area contributed by atoms with E-state index in [0.717, 1.165) is 19.4 Å². The molecule has 0 aromatic rings. The molecule has 1 spiro atoms. The zero-order chi connectivity index (χ0) is 11.8. The first-order valence-electron chi connectivity index (χ1n) is 6.77. The van der Waals surface area contributed by atoms with Gasteiger partial charge in [0.15, 0.2) is 5.79 Å². The van der Waals surface area contributed by atoms with Crippen LogP contribution in [0.15, 0.2) is 0 Å². The van der Waals surface area contributed by atoms with Gasteiger partial charge in [-0.1, -0.05) is 34.1 Å². The van der Waals surface area contributed by atoms with Crippen molar-refractivity contribution in [3.05, 3.63) is 0 Å². The highest BCUT2D eigenvalue weighted by Gasteiger charge is 2.47. The lowest BCUT2D eigenvalue weighted by atomic mass is 9.79. The Kier molecular flexibility index (Phi) is 3.33. The van der Waals surface area contributed by atoms with E-state index in [0.29, 0.717) is 12.0 Å². The fourth-order valence-electron chi connectivity index (χ4n) is 3.22. The summed E-state index contributed by atoms with van der Waals surface area (Å²) in [6.45, 7) is 9.87. The second kappa shape index (κ2) is 4.30. The molecule has 2 fully saturated rings. The van der Waals surface area contributed by atoms with E-state index in [-0.39, 0.29) is 11.2 Å². The summed E-state index contributed by atoms with van der Waals surface area (Å²) in [5.41, 5.74) is 0.150. The van der Waals surface area contributed by atoms with Crippen LogP contribution in [0, 0.1) is 11.3 Å². The Morgan fingerprint density at radius 3 is 2.25 bits per heavy atom. The summed E-state index contributed by atoms with van der Waals surface area (Å²) in [6, 6.07) is 0. The van der Waals surface area contributed by atoms with Gasteiger partial charge in [-0.15, -0.1) is 0 Å². The van der Waals surface area contributed by atoms with Crippen LogP contribution in [0.2, 0.25) is 0 Å². The predicted octanol–water partition coefficient (Wildman–Crippen LogP) is 3.74. The molecule has 1 heterocycles. The first kappa shape index (κ1) is 12.4. The van der Waals surface area contributed by atoms with Crippen molar-refractivity contribution in [1.82, 2.24) is 0 Å². The lowest BCUT2D eigenvalue weighted by Crippen LogP contribution is -2.55. The molecule has 0 amide bonds. The molecule has 0 radical (unpaired) electrons. The van der Waals surface area contributed by atoms with Gasteiger partial charge in [-0.2, -0.15) is 0 Å². The van der Waals surface area contributed by atoms with Gasteiger partial charge >= 0.3 is 0 Å². The standard InChI is InChI=1S/C14H26O2/c1-11(2)12-13(3,4)10-15-14(16-12)8-6-5-7-9-14/h11-12H,5-10H2,1-4H3. The topological polar surface area (TPSA) is 18.5 Å². The average Bonchev–Trinajstić information content (AvgIpc) is 2.23. The van der Waals surface area contributed by atoms with Crippen molar-refractivity contribution in [3.63, 3.8) is 0 Å². The Balaban J connectivity index is 2.10. The van der Waals surface area contributed by atoms with Gasteiger partial charge in [0.25, 0.3) is 0 Å². The van der Waals surface area contributed by atoms with Crippen LogP contribution in [0.4, 0.5) is 0 Å². The van der Waals surface area contributed by atoms with E-state index in [1.807, 2.05) is 0 Å². The highest BCUT2D eigenvalue weighted by atomic mass is 16.7. The summed E-state index contributed by atoms with van der Waals surface area (Å²) >= 11 is 0. The van der Waals surface area contributed by atoms with Crippen molar-refractivity contribution in [3.8, 4) is 0 Å². The molecule has 2 nitrogen and oxygen atoms in total. The fraction of sp³-hybridized carbons (Fsp3) is 1.00. The van der Waals surface area contributed by atoms with Gasteiger partial charge in [0.1, 0.15) is 0 Å². The molecule has 0 N–H and O–H groups in total. The van der Waals surface area contributed by atoms with Crippen LogP contribution in [-0.2, 0) is 9.47 Å². The molecule has 1 unspecified atom stereocenters. The van der Waals surface area contributed by atoms with E-state index in [9.17, 15) is 0 Å². The molecule has 94 valence electrons. The van der Waals surface area contributed by atoms with Gasteiger partial charge in [-0.3, -0.25) is 0 Å². The molecule has 2 heteroatoms. The Hall–Kier alpha value is -0.0800. The zero-order valence-corrected chi connectivity index (χ0v) is 11.2. The minimum absolute atomic E-state index is 0.150. The molecule has 2 rings (SSSR count). The van der Waals surface area contributed by atoms with Crippen LogP contribution >= 0.6 is 0 Å². The number of ether oxygens (including phenoxy) is 2. The lowest BCUT2D eigenvalue weighted by molar-refractivity contribution is -0.345. The third-order valence-electron chi connectivity index (χ3n) is 4.04. The fourth-order valence-corrected chi connectivity index (χ4v) is 3.22. The third kappa shape index (κ3) is 2.28. The first-order valence-corrected chi connectivity index (χ1v) is 6.77. The van der Waals surface area contributed by atoms with Gasteiger partial charge in [0.05, 0.1) is 12.7 Å². The van der Waals surface area contributed by atoms with Crippen molar-refractivity contribution in [2.45, 2.75) is 71.7 Å². The Labute approximate surface area is 99.7 Å². The quantitative estimate of drug-likeness (QED) is 0.678. The zero-order valence-electron chi connectivity index (χ0n) is 11.2. The van der Waals surface area contributed by atoms with Gasteiger partial charge in [0.2, 0.25) is 0 Å². The Bertz CT molecular complexity index is 239. The van der Waals surface area contributed by atoms with E-state index in [4.69, 9.17) is 9.47 Å². The maximum Gasteiger partial charge on any atom is 0.168 e. The molecule has 1 saturated carbocycles. The molecule has 0 aromatic carbocycles. The van der Waals surface area contributed by atoms with Crippen molar-refractivity contribution >= 4 is 0 Å². The molecule has 0 bridgehead atoms. The normalized spacial score (nSPS) is 33.2. The lowest BCUT2D eigenvalue weighted by Gasteiger charge is -2.51. The number of hydrogen-bond donors (Lipinski definition) is 0. The molecular weight excluding hydrogens is 200 g/mol. The van der Waals surface area contributed by atoms with Gasteiger partial charge in [-0.05, 0) is 18.8 Å². The Morgan fingerprint density at radius 1 is 1.06 bits per heavy atom. The minimum atomic E-state index is -0.233. The summed E-state index contributed by atoms with van der Waals surface area (Å²) in [7, 11) is 0. The van der Waals surface area contributed by atoms with E-state index < -0.39 is 0 Å². The van der Waals surface area contributed by atoms with E-state index in [1.54, 1.807) is 0 Å². The SMILES string of the molecule is CC(C)C1OC2(CCCCC2)OCC1(C)C. The molecule has 2 aliphatic rings. The summed E-state index contributed by atoms with van der Waals surface area (Å²) in [4.78, 5) is 0. The van der Waals surface area contributed by atoms with Gasteiger partial charge in [-0.25, -0.2) is 0 Å². The highest BCUT2D eigenvalue weighted by Crippen LogP contribution is 2.44. The summed E-state index contributed by atoms with van der Waals surface area (Å²) in [5, 5.41) is 0. The van der Waals surface area contributed by atoms with Crippen molar-refractivity contribution in [2.24, 2.45) is 11.3 Å². The predicted molar refractivity (Wildman–Crippen MR) is 65.3 cm³/mol. The molecule has 16 heavy (non-hydrogen) atoms. The Morgan fingerprint density at radius 2 is 1.69 bits per heavy atom. The van der Waals surface area contributed by atoms with Gasteiger partial charge < -0.3 is 9.47 Å². The summed E-state index contributed by atoms with van der Waals surface area (Å²) < 4.78 is 12.4.